The Morgan fingerprint density at radius 3 is 1.23 bits per heavy atom. The van der Waals surface area contributed by atoms with Crippen LogP contribution >= 0.6 is 0 Å². The third kappa shape index (κ3) is 4.14. The van der Waals surface area contributed by atoms with Crippen LogP contribution < -0.4 is 9.47 Å². The van der Waals surface area contributed by atoms with Gasteiger partial charge < -0.3 is 9.47 Å². The lowest BCUT2D eigenvalue weighted by Crippen LogP contribution is -2.49. The summed E-state index contributed by atoms with van der Waals surface area (Å²) in [5.74, 6) is 0.871. The maximum absolute atomic E-state index is 12.9. The minimum atomic E-state index is -0.237. The van der Waals surface area contributed by atoms with Gasteiger partial charge in [0, 0.05) is 24.2 Å². The van der Waals surface area contributed by atoms with Gasteiger partial charge in [0.05, 0.1) is 14.2 Å². The normalized spacial score (nSPS) is 10.2. The molecule has 0 atom stereocenters. The van der Waals surface area contributed by atoms with E-state index in [0.717, 1.165) is 0 Å². The van der Waals surface area contributed by atoms with Crippen molar-refractivity contribution in [3.05, 3.63) is 59.7 Å². The first kappa shape index (κ1) is 19.3. The molecule has 0 bridgehead atoms. The zero-order chi connectivity index (χ0) is 19.1. The van der Waals surface area contributed by atoms with Crippen molar-refractivity contribution in [3.63, 3.8) is 0 Å². The first-order chi connectivity index (χ1) is 12.5. The van der Waals surface area contributed by atoms with Crippen LogP contribution in [0.3, 0.4) is 0 Å². The fraction of sp³-hybridized carbons (Fsp3) is 0.300. The molecule has 0 saturated carbocycles. The van der Waals surface area contributed by atoms with Crippen LogP contribution in [-0.2, 0) is 0 Å². The summed E-state index contributed by atoms with van der Waals surface area (Å²) in [6.45, 7) is 4.43. The maximum Gasteiger partial charge on any atom is 0.272 e. The molecule has 0 aliphatic heterocycles. The highest BCUT2D eigenvalue weighted by atomic mass is 16.5. The van der Waals surface area contributed by atoms with Gasteiger partial charge in [0.15, 0.2) is 0 Å². The van der Waals surface area contributed by atoms with Crippen molar-refractivity contribution in [2.24, 2.45) is 0 Å². The molecule has 0 aliphatic rings. The third-order valence-electron chi connectivity index (χ3n) is 4.03. The minimum absolute atomic E-state index is 0.237. The number of carbonyl (C=O) groups is 2. The van der Waals surface area contributed by atoms with Crippen molar-refractivity contribution in [3.8, 4) is 11.5 Å². The van der Waals surface area contributed by atoms with Crippen molar-refractivity contribution in [2.45, 2.75) is 13.8 Å². The molecule has 0 fully saturated rings. The highest BCUT2D eigenvalue weighted by Crippen LogP contribution is 2.17. The van der Waals surface area contributed by atoms with E-state index in [-0.39, 0.29) is 11.8 Å². The topological polar surface area (TPSA) is 59.1 Å². The van der Waals surface area contributed by atoms with Crippen LogP contribution in [0.2, 0.25) is 0 Å². The maximum atomic E-state index is 12.9. The van der Waals surface area contributed by atoms with Gasteiger partial charge in [0.2, 0.25) is 0 Å². The molecule has 0 spiro atoms. The average molecular weight is 356 g/mol. The van der Waals surface area contributed by atoms with Gasteiger partial charge in [0.1, 0.15) is 11.5 Å². The fourth-order valence-electron chi connectivity index (χ4n) is 2.61. The fourth-order valence-corrected chi connectivity index (χ4v) is 2.61. The lowest BCUT2D eigenvalue weighted by molar-refractivity contribution is 0.000836. The number of benzene rings is 2. The van der Waals surface area contributed by atoms with Gasteiger partial charge >= 0.3 is 0 Å². The molecule has 0 saturated heterocycles. The largest absolute Gasteiger partial charge is 0.497 e. The number of carbonyl (C=O) groups excluding carboxylic acids is 2. The summed E-state index contributed by atoms with van der Waals surface area (Å²) in [5.41, 5.74) is 0.988. The van der Waals surface area contributed by atoms with E-state index >= 15 is 0 Å². The van der Waals surface area contributed by atoms with Crippen molar-refractivity contribution < 1.29 is 19.1 Å². The predicted molar refractivity (Wildman–Crippen MR) is 99.4 cm³/mol. The van der Waals surface area contributed by atoms with E-state index in [1.54, 1.807) is 62.8 Å². The summed E-state index contributed by atoms with van der Waals surface area (Å²) < 4.78 is 10.2. The summed E-state index contributed by atoms with van der Waals surface area (Å²) in [7, 11) is 3.14. The third-order valence-corrected chi connectivity index (χ3v) is 4.03. The number of hydrogen-bond acceptors (Lipinski definition) is 4. The summed E-state index contributed by atoms with van der Waals surface area (Å²) in [4.78, 5) is 25.8. The Hall–Kier alpha value is -3.02. The second-order valence-corrected chi connectivity index (χ2v) is 5.50. The van der Waals surface area contributed by atoms with Crippen LogP contribution in [-0.4, -0.2) is 49.1 Å². The SMILES string of the molecule is CCN(C(=O)c1ccc(OC)cc1)N(CC)C(=O)c1ccc(OC)cc1. The van der Waals surface area contributed by atoms with Crippen LogP contribution in [0.4, 0.5) is 0 Å². The number of ether oxygens (including phenoxy) is 2. The van der Waals surface area contributed by atoms with E-state index in [4.69, 9.17) is 9.47 Å². The van der Waals surface area contributed by atoms with Crippen LogP contribution in [0, 0.1) is 0 Å². The molecule has 2 aromatic rings. The molecule has 2 rings (SSSR count). The van der Waals surface area contributed by atoms with Gasteiger partial charge in [-0.2, -0.15) is 0 Å². The molecule has 0 radical (unpaired) electrons. The van der Waals surface area contributed by atoms with Crippen molar-refractivity contribution in [1.82, 2.24) is 10.0 Å². The number of methoxy groups -OCH3 is 2. The monoisotopic (exact) mass is 356 g/mol. The summed E-state index contributed by atoms with van der Waals surface area (Å²) in [6.07, 6.45) is 0. The molecule has 0 aliphatic carbocycles. The Bertz CT molecular complexity index is 676. The lowest BCUT2D eigenvalue weighted by atomic mass is 10.2. The van der Waals surface area contributed by atoms with E-state index < -0.39 is 0 Å². The summed E-state index contributed by atoms with van der Waals surface area (Å²) >= 11 is 0. The molecule has 6 heteroatoms. The lowest BCUT2D eigenvalue weighted by Gasteiger charge is -2.33. The van der Waals surface area contributed by atoms with Gasteiger partial charge in [-0.05, 0) is 62.4 Å². The standard InChI is InChI=1S/C20H24N2O4/c1-5-21(19(23)15-7-11-17(25-3)12-8-15)22(6-2)20(24)16-9-13-18(26-4)14-10-16/h7-14H,5-6H2,1-4H3. The molecule has 0 aromatic heterocycles. The average Bonchev–Trinajstić information content (AvgIpc) is 2.71. The molecular formula is C20H24N2O4. The molecule has 0 unspecified atom stereocenters. The van der Waals surface area contributed by atoms with E-state index in [2.05, 4.69) is 0 Å². The quantitative estimate of drug-likeness (QED) is 0.746. The van der Waals surface area contributed by atoms with Crippen molar-refractivity contribution in [1.29, 1.82) is 0 Å². The number of hydrazine groups is 1. The molecule has 2 aromatic carbocycles. The van der Waals surface area contributed by atoms with Crippen LogP contribution in [0.1, 0.15) is 34.6 Å². The highest BCUT2D eigenvalue weighted by Gasteiger charge is 2.25. The summed E-state index contributed by atoms with van der Waals surface area (Å²) in [6, 6.07) is 13.7. The zero-order valence-electron chi connectivity index (χ0n) is 15.6. The molecule has 138 valence electrons. The predicted octanol–water partition coefficient (Wildman–Crippen LogP) is 3.24. The smallest absolute Gasteiger partial charge is 0.272 e. The molecule has 6 nitrogen and oxygen atoms in total. The van der Waals surface area contributed by atoms with E-state index in [0.29, 0.717) is 35.7 Å². The Balaban J connectivity index is 2.25. The minimum Gasteiger partial charge on any atom is -0.497 e. The summed E-state index contributed by atoms with van der Waals surface area (Å²) in [5, 5.41) is 2.91. The van der Waals surface area contributed by atoms with Crippen LogP contribution in [0.5, 0.6) is 11.5 Å². The van der Waals surface area contributed by atoms with Crippen molar-refractivity contribution >= 4 is 11.8 Å². The Morgan fingerprint density at radius 1 is 0.692 bits per heavy atom. The van der Waals surface area contributed by atoms with E-state index in [9.17, 15) is 9.59 Å². The van der Waals surface area contributed by atoms with Gasteiger partial charge in [-0.3, -0.25) is 9.59 Å². The van der Waals surface area contributed by atoms with Gasteiger partial charge in [0.25, 0.3) is 11.8 Å². The Kier molecular flexibility index (Phi) is 6.60. The Morgan fingerprint density at radius 2 is 1.00 bits per heavy atom. The number of hydrogen-bond donors (Lipinski definition) is 0. The van der Waals surface area contributed by atoms with Crippen LogP contribution in [0.15, 0.2) is 48.5 Å². The number of rotatable bonds is 6. The van der Waals surface area contributed by atoms with E-state index in [1.165, 1.54) is 10.0 Å². The first-order valence-corrected chi connectivity index (χ1v) is 8.47. The number of amides is 2. The molecule has 0 N–H and O–H groups in total. The molecule has 26 heavy (non-hydrogen) atoms. The second-order valence-electron chi connectivity index (χ2n) is 5.50. The molecule has 2 amide bonds. The molecular weight excluding hydrogens is 332 g/mol. The van der Waals surface area contributed by atoms with E-state index in [1.807, 2.05) is 13.8 Å². The zero-order valence-corrected chi connectivity index (χ0v) is 15.6. The molecule has 0 heterocycles. The number of nitrogens with zero attached hydrogens (tertiary/aromatic N) is 2. The highest BCUT2D eigenvalue weighted by molar-refractivity contribution is 5.99. The van der Waals surface area contributed by atoms with Gasteiger partial charge in [-0.1, -0.05) is 0 Å². The second kappa shape index (κ2) is 8.89. The Labute approximate surface area is 153 Å². The van der Waals surface area contributed by atoms with Crippen molar-refractivity contribution in [2.75, 3.05) is 27.3 Å². The van der Waals surface area contributed by atoms with Gasteiger partial charge in [-0.15, -0.1) is 0 Å². The van der Waals surface area contributed by atoms with Crippen LogP contribution in [0.25, 0.3) is 0 Å². The first-order valence-electron chi connectivity index (χ1n) is 8.47. The van der Waals surface area contributed by atoms with Gasteiger partial charge in [-0.25, -0.2) is 10.0 Å².